The van der Waals surface area contributed by atoms with Crippen LogP contribution in [0.4, 0.5) is 4.79 Å². The van der Waals surface area contributed by atoms with Gasteiger partial charge in [0, 0.05) is 0 Å². The summed E-state index contributed by atoms with van der Waals surface area (Å²) in [7, 11) is 0. The van der Waals surface area contributed by atoms with E-state index in [0.717, 1.165) is 0 Å². The van der Waals surface area contributed by atoms with E-state index in [9.17, 15) is 0 Å². The Morgan fingerprint density at radius 3 is 1.67 bits per heavy atom. The van der Waals surface area contributed by atoms with Gasteiger partial charge in [-0.3, -0.25) is 0 Å². The van der Waals surface area contributed by atoms with Crippen LogP contribution in [0.2, 0.25) is 0 Å². The molecule has 0 aliphatic heterocycles. The maximum atomic E-state index is 8.44. The number of hydrogen-bond acceptors (Lipinski definition) is 3. The third-order valence-corrected chi connectivity index (χ3v) is 0. The van der Waals surface area contributed by atoms with E-state index in [0.29, 0.717) is 0 Å². The number of carbonyl (C=O) groups is 1. The van der Waals surface area contributed by atoms with Crippen molar-refractivity contribution in [2.24, 2.45) is 0 Å². The van der Waals surface area contributed by atoms with Crippen LogP contribution in [0.25, 0.3) is 0 Å². The van der Waals surface area contributed by atoms with Crippen molar-refractivity contribution < 1.29 is 33.9 Å². The molecule has 0 aliphatic rings. The standard InChI is InChI=1S/CH2O3.Li.H3N/c2-1(3)4;;/h(H2,2,3,4);;1H3/q;+1;/p-1. The van der Waals surface area contributed by atoms with Crippen molar-refractivity contribution in [1.29, 1.82) is 0 Å². The van der Waals surface area contributed by atoms with Crippen molar-refractivity contribution in [2.45, 2.75) is 0 Å². The molecule has 0 radical (unpaired) electrons. The summed E-state index contributed by atoms with van der Waals surface area (Å²) in [6, 6.07) is 0. The second-order valence-corrected chi connectivity index (χ2v) is 0.266. The topological polar surface area (TPSA) is 95.4 Å². The number of rotatable bonds is 0. The largest absolute Gasteiger partial charge is 1.00 e. The second-order valence-electron chi connectivity index (χ2n) is 0.266. The average Bonchev–Trinajstić information content (AvgIpc) is 0.811. The molecule has 4 nitrogen and oxygen atoms in total. The van der Waals surface area contributed by atoms with Crippen molar-refractivity contribution in [3.8, 4) is 0 Å². The third kappa shape index (κ3) is 1030. The third-order valence-electron chi connectivity index (χ3n) is 0. The summed E-state index contributed by atoms with van der Waals surface area (Å²) in [4.78, 5) is 8.44. The monoisotopic (exact) mass is 85.0 g/mol. The van der Waals surface area contributed by atoms with Gasteiger partial charge in [0.1, 0.15) is 0 Å². The fourth-order valence-corrected chi connectivity index (χ4v) is 0. The maximum Gasteiger partial charge on any atom is 1.00 e. The van der Waals surface area contributed by atoms with E-state index in [2.05, 4.69) is 0 Å². The van der Waals surface area contributed by atoms with E-state index in [1.165, 1.54) is 0 Å². The summed E-state index contributed by atoms with van der Waals surface area (Å²) in [5.41, 5.74) is 0. The van der Waals surface area contributed by atoms with Gasteiger partial charge in [-0.05, 0) is 0 Å². The van der Waals surface area contributed by atoms with Gasteiger partial charge in [0.05, 0.1) is 0 Å². The SMILES string of the molecule is N.O=C([O-])O.[Li+]. The minimum absolute atomic E-state index is 0. The normalized spacial score (nSPS) is 4.00. The smallest absolute Gasteiger partial charge is 0.565 e. The molecule has 0 amide bonds. The molecule has 0 atom stereocenters. The van der Waals surface area contributed by atoms with Gasteiger partial charge < -0.3 is 21.2 Å². The van der Waals surface area contributed by atoms with E-state index in [1.807, 2.05) is 0 Å². The summed E-state index contributed by atoms with van der Waals surface area (Å²) in [6.45, 7) is 0. The van der Waals surface area contributed by atoms with Crippen molar-refractivity contribution in [2.75, 3.05) is 0 Å². The van der Waals surface area contributed by atoms with E-state index >= 15 is 0 Å². The maximum absolute atomic E-state index is 8.44. The molecule has 0 spiro atoms. The van der Waals surface area contributed by atoms with Crippen molar-refractivity contribution in [3.05, 3.63) is 0 Å². The van der Waals surface area contributed by atoms with Gasteiger partial charge in [0.15, 0.2) is 0 Å². The average molecular weight is 85.0 g/mol. The van der Waals surface area contributed by atoms with Crippen molar-refractivity contribution >= 4 is 6.16 Å². The van der Waals surface area contributed by atoms with Gasteiger partial charge >= 0.3 is 18.9 Å². The van der Waals surface area contributed by atoms with E-state index in [1.54, 1.807) is 0 Å². The van der Waals surface area contributed by atoms with E-state index in [4.69, 9.17) is 15.0 Å². The summed E-state index contributed by atoms with van der Waals surface area (Å²) < 4.78 is 0. The fraction of sp³-hybridized carbons (Fsp3) is 0. The molecular weight excluding hydrogens is 81.0 g/mol. The predicted octanol–water partition coefficient (Wildman–Crippen LogP) is -3.95. The summed E-state index contributed by atoms with van der Waals surface area (Å²) >= 11 is 0. The Hall–Kier alpha value is -0.173. The van der Waals surface area contributed by atoms with Crippen LogP contribution in [0.5, 0.6) is 0 Å². The van der Waals surface area contributed by atoms with Gasteiger partial charge in [-0.2, -0.15) is 0 Å². The zero-order chi connectivity index (χ0) is 3.58. The molecule has 0 aromatic heterocycles. The Kier molecular flexibility index (Phi) is 25.0. The molecule has 0 bridgehead atoms. The molecule has 6 heavy (non-hydrogen) atoms. The van der Waals surface area contributed by atoms with Gasteiger partial charge in [-0.25, -0.2) is 0 Å². The predicted molar refractivity (Wildman–Crippen MR) is 13.0 cm³/mol. The quantitative estimate of drug-likeness (QED) is 0.293. The van der Waals surface area contributed by atoms with Crippen LogP contribution in [0.15, 0.2) is 0 Å². The molecule has 4 N–H and O–H groups in total. The number of carboxylic acid groups (broad SMARTS) is 2. The van der Waals surface area contributed by atoms with Crippen LogP contribution in [-0.4, -0.2) is 11.3 Å². The van der Waals surface area contributed by atoms with Crippen LogP contribution in [-0.2, 0) is 0 Å². The van der Waals surface area contributed by atoms with Gasteiger partial charge in [0.2, 0.25) is 6.16 Å². The first-order chi connectivity index (χ1) is 1.73. The molecule has 0 fully saturated rings. The first-order valence-corrected chi connectivity index (χ1v) is 0.632. The summed E-state index contributed by atoms with van der Waals surface area (Å²) in [5, 5.41) is 15.3. The molecular formula is CH4LiNO3. The molecule has 0 rings (SSSR count). The molecule has 0 heterocycles. The molecule has 5 heteroatoms. The van der Waals surface area contributed by atoms with Crippen molar-refractivity contribution in [3.63, 3.8) is 0 Å². The zero-order valence-corrected chi connectivity index (χ0v) is 3.47. The Labute approximate surface area is 46.9 Å². The van der Waals surface area contributed by atoms with Crippen LogP contribution >= 0.6 is 0 Å². The van der Waals surface area contributed by atoms with Gasteiger partial charge in [-0.15, -0.1) is 0 Å². The summed E-state index contributed by atoms with van der Waals surface area (Å²) in [6.07, 6.45) is -2.08. The fourth-order valence-electron chi connectivity index (χ4n) is 0. The molecule has 0 unspecified atom stereocenters. The minimum atomic E-state index is -2.08. The van der Waals surface area contributed by atoms with Crippen LogP contribution in [0.3, 0.4) is 0 Å². The molecule has 0 saturated carbocycles. The zero-order valence-electron chi connectivity index (χ0n) is 3.47. The Morgan fingerprint density at radius 1 is 1.67 bits per heavy atom. The van der Waals surface area contributed by atoms with E-state index in [-0.39, 0.29) is 25.0 Å². The minimum Gasteiger partial charge on any atom is -0.565 e. The van der Waals surface area contributed by atoms with Crippen molar-refractivity contribution in [1.82, 2.24) is 6.15 Å². The second kappa shape index (κ2) is 8.85. The summed E-state index contributed by atoms with van der Waals surface area (Å²) in [5.74, 6) is 0. The Bertz CT molecular complexity index is 33.8. The van der Waals surface area contributed by atoms with E-state index < -0.39 is 6.16 Å². The Balaban J connectivity index is -0.0000000450. The molecule has 0 aliphatic carbocycles. The number of hydrogen-bond donors (Lipinski definition) is 2. The first kappa shape index (κ1) is 17.0. The van der Waals surface area contributed by atoms with Crippen LogP contribution < -0.4 is 30.1 Å². The van der Waals surface area contributed by atoms with Gasteiger partial charge in [0.25, 0.3) is 0 Å². The first-order valence-electron chi connectivity index (χ1n) is 0.632. The van der Waals surface area contributed by atoms with Crippen LogP contribution in [0, 0.1) is 0 Å². The molecule has 0 saturated heterocycles. The Morgan fingerprint density at radius 2 is 1.67 bits per heavy atom. The molecule has 32 valence electrons. The molecule has 0 aromatic rings. The van der Waals surface area contributed by atoms with Gasteiger partial charge in [-0.1, -0.05) is 0 Å². The molecule has 0 aromatic carbocycles. The van der Waals surface area contributed by atoms with Crippen LogP contribution in [0.1, 0.15) is 0 Å².